The van der Waals surface area contributed by atoms with Crippen molar-refractivity contribution >= 4 is 18.0 Å². The van der Waals surface area contributed by atoms with Gasteiger partial charge in [0.25, 0.3) is 11.8 Å². The molecule has 1 atom stereocenters. The highest BCUT2D eigenvalue weighted by Gasteiger charge is 2.26. The van der Waals surface area contributed by atoms with Crippen LogP contribution in [0.3, 0.4) is 0 Å². The number of carbonyl (C=O) groups excluding carboxylic acids is 2. The van der Waals surface area contributed by atoms with E-state index in [1.54, 1.807) is 24.3 Å². The molecule has 1 saturated heterocycles. The molecular weight excluding hydrogens is 407 g/mol. The quantitative estimate of drug-likeness (QED) is 0.337. The lowest BCUT2D eigenvalue weighted by atomic mass is 10.0. The third kappa shape index (κ3) is 7.57. The van der Waals surface area contributed by atoms with Crippen LogP contribution in [0.15, 0.2) is 59.7 Å². The summed E-state index contributed by atoms with van der Waals surface area (Å²) in [5.74, 6) is -0.568. The minimum absolute atomic E-state index is 0.0809. The highest BCUT2D eigenvalue weighted by molar-refractivity contribution is 5.94. The van der Waals surface area contributed by atoms with Crippen molar-refractivity contribution in [1.82, 2.24) is 15.6 Å². The summed E-state index contributed by atoms with van der Waals surface area (Å²) in [7, 11) is 0. The minimum Gasteiger partial charge on any atom is -0.352 e. The Morgan fingerprint density at radius 3 is 2.56 bits per heavy atom. The van der Waals surface area contributed by atoms with Crippen LogP contribution in [0.4, 0.5) is 4.39 Å². The molecule has 7 heteroatoms. The van der Waals surface area contributed by atoms with Crippen molar-refractivity contribution in [3.8, 4) is 0 Å². The van der Waals surface area contributed by atoms with Crippen molar-refractivity contribution in [3.05, 3.63) is 71.5 Å². The smallest absolute Gasteiger partial charge is 0.257 e. The van der Waals surface area contributed by atoms with Crippen molar-refractivity contribution in [2.45, 2.75) is 44.6 Å². The molecule has 2 amide bonds. The lowest BCUT2D eigenvalue weighted by Crippen LogP contribution is -2.47. The Morgan fingerprint density at radius 1 is 1.03 bits per heavy atom. The Kier molecular flexibility index (Phi) is 9.37. The number of carbonyl (C=O) groups is 2. The first-order valence-corrected chi connectivity index (χ1v) is 11.3. The molecule has 0 saturated carbocycles. The van der Waals surface area contributed by atoms with Gasteiger partial charge in [0.2, 0.25) is 0 Å². The van der Waals surface area contributed by atoms with Crippen LogP contribution in [-0.2, 0) is 4.79 Å². The monoisotopic (exact) mass is 438 g/mol. The summed E-state index contributed by atoms with van der Waals surface area (Å²) in [6.45, 7) is 2.37. The number of hydrogen-bond acceptors (Lipinski definition) is 4. The average Bonchev–Trinajstić information content (AvgIpc) is 2.82. The molecule has 3 rings (SSSR count). The van der Waals surface area contributed by atoms with Gasteiger partial charge >= 0.3 is 0 Å². The molecule has 32 heavy (non-hydrogen) atoms. The maximum Gasteiger partial charge on any atom is 0.257 e. The summed E-state index contributed by atoms with van der Waals surface area (Å²) in [5, 5.41) is 6.96. The maximum atomic E-state index is 13.3. The average molecular weight is 439 g/mol. The fraction of sp³-hybridized carbons (Fsp3) is 0.400. The third-order valence-electron chi connectivity index (χ3n) is 5.60. The van der Waals surface area contributed by atoms with Crippen LogP contribution in [0.25, 0.3) is 0 Å². The van der Waals surface area contributed by atoms with Gasteiger partial charge in [-0.05, 0) is 75.0 Å². The number of nitrogens with one attached hydrogen (secondary N) is 2. The second kappa shape index (κ2) is 12.7. The molecule has 2 N–H and O–H groups in total. The van der Waals surface area contributed by atoms with Gasteiger partial charge in [-0.2, -0.15) is 5.10 Å². The number of hydrazone groups is 1. The van der Waals surface area contributed by atoms with Crippen LogP contribution in [-0.4, -0.2) is 48.6 Å². The number of halogens is 1. The molecule has 2 aromatic carbocycles. The zero-order valence-electron chi connectivity index (χ0n) is 18.3. The summed E-state index contributed by atoms with van der Waals surface area (Å²) in [6.07, 6.45) is 7.12. The number of nitrogens with zero attached hydrogens (tertiary/aromatic N) is 2. The fourth-order valence-corrected chi connectivity index (χ4v) is 3.90. The van der Waals surface area contributed by atoms with Gasteiger partial charge in [-0.25, -0.2) is 9.82 Å². The number of hydrogen-bond donors (Lipinski definition) is 2. The van der Waals surface area contributed by atoms with Gasteiger partial charge in [0.05, 0.1) is 12.3 Å². The molecule has 2 aromatic rings. The largest absolute Gasteiger partial charge is 0.352 e. The molecule has 0 spiro atoms. The molecule has 0 radical (unpaired) electrons. The Morgan fingerprint density at radius 2 is 1.81 bits per heavy atom. The van der Waals surface area contributed by atoms with Crippen molar-refractivity contribution < 1.29 is 14.0 Å². The number of amides is 2. The van der Waals surface area contributed by atoms with E-state index in [2.05, 4.69) is 20.7 Å². The fourth-order valence-electron chi connectivity index (χ4n) is 3.90. The molecule has 0 aliphatic carbocycles. The number of piperidine rings is 1. The molecule has 1 aliphatic rings. The Bertz CT molecular complexity index is 898. The van der Waals surface area contributed by atoms with Gasteiger partial charge in [-0.15, -0.1) is 0 Å². The number of rotatable bonds is 10. The van der Waals surface area contributed by atoms with E-state index in [1.165, 1.54) is 24.8 Å². The van der Waals surface area contributed by atoms with Crippen molar-refractivity contribution in [3.63, 3.8) is 0 Å². The van der Waals surface area contributed by atoms with E-state index in [0.29, 0.717) is 24.1 Å². The van der Waals surface area contributed by atoms with E-state index in [9.17, 15) is 14.0 Å². The van der Waals surface area contributed by atoms with Gasteiger partial charge < -0.3 is 5.32 Å². The first-order valence-electron chi connectivity index (χ1n) is 11.3. The second-order valence-electron chi connectivity index (χ2n) is 8.02. The van der Waals surface area contributed by atoms with Crippen molar-refractivity contribution in [1.29, 1.82) is 0 Å². The van der Waals surface area contributed by atoms with E-state index >= 15 is 0 Å². The van der Waals surface area contributed by atoms with Crippen LogP contribution in [0, 0.1) is 5.82 Å². The Hall–Kier alpha value is -3.06. The molecule has 170 valence electrons. The van der Waals surface area contributed by atoms with Crippen LogP contribution in [0.5, 0.6) is 0 Å². The van der Waals surface area contributed by atoms with Gasteiger partial charge in [-0.3, -0.25) is 14.5 Å². The molecule has 1 heterocycles. The lowest BCUT2D eigenvalue weighted by molar-refractivity contribution is -0.127. The van der Waals surface area contributed by atoms with E-state index in [-0.39, 0.29) is 23.7 Å². The number of unbranched alkanes of at least 4 members (excludes halogenated alkanes) is 1. The summed E-state index contributed by atoms with van der Waals surface area (Å²) < 4.78 is 13.3. The van der Waals surface area contributed by atoms with Gasteiger partial charge in [0, 0.05) is 12.1 Å². The van der Waals surface area contributed by atoms with Gasteiger partial charge in [0.1, 0.15) is 5.82 Å². The van der Waals surface area contributed by atoms with E-state index in [1.807, 2.05) is 18.2 Å². The van der Waals surface area contributed by atoms with Gasteiger partial charge in [-0.1, -0.05) is 36.8 Å². The highest BCUT2D eigenvalue weighted by atomic mass is 19.1. The first-order chi connectivity index (χ1) is 15.6. The van der Waals surface area contributed by atoms with Gasteiger partial charge in [0.15, 0.2) is 0 Å². The summed E-state index contributed by atoms with van der Waals surface area (Å²) >= 11 is 0. The van der Waals surface area contributed by atoms with Crippen molar-refractivity contribution in [2.24, 2.45) is 5.10 Å². The summed E-state index contributed by atoms with van der Waals surface area (Å²) in [5.41, 5.74) is 3.86. The zero-order valence-corrected chi connectivity index (χ0v) is 18.3. The normalized spacial score (nSPS) is 15.4. The topological polar surface area (TPSA) is 73.8 Å². The standard InChI is InChI=1S/C25H31FN4O2/c26-22-13-9-10-20(18-22)19-28-29-25(32)23(30-16-7-2-8-17-30)14-5-6-15-27-24(31)21-11-3-1-4-12-21/h1,3-4,9-13,18-19,23H,2,5-8,14-17H2,(H,27,31)(H,29,32)/b28-19+/t23-/m0/s1. The third-order valence-corrected chi connectivity index (χ3v) is 5.60. The summed E-state index contributed by atoms with van der Waals surface area (Å²) in [4.78, 5) is 27.2. The lowest BCUT2D eigenvalue weighted by Gasteiger charge is -2.33. The second-order valence-corrected chi connectivity index (χ2v) is 8.02. The zero-order chi connectivity index (χ0) is 22.6. The van der Waals surface area contributed by atoms with Crippen LogP contribution < -0.4 is 10.7 Å². The molecule has 0 aromatic heterocycles. The molecule has 1 aliphatic heterocycles. The van der Waals surface area contributed by atoms with Crippen LogP contribution in [0.2, 0.25) is 0 Å². The number of likely N-dealkylation sites (tertiary alicyclic amines) is 1. The van der Waals surface area contributed by atoms with E-state index in [4.69, 9.17) is 0 Å². The van der Waals surface area contributed by atoms with Crippen LogP contribution in [0.1, 0.15) is 54.4 Å². The first kappa shape index (κ1) is 23.6. The Balaban J connectivity index is 1.47. The SMILES string of the molecule is O=C(NCCCC[C@@H](C(=O)N/N=C/c1cccc(F)c1)N1CCCCC1)c1ccccc1. The number of benzene rings is 2. The van der Waals surface area contributed by atoms with E-state index in [0.717, 1.165) is 38.8 Å². The predicted octanol–water partition coefficient (Wildman–Crippen LogP) is 3.73. The predicted molar refractivity (Wildman–Crippen MR) is 124 cm³/mol. The minimum atomic E-state index is -0.342. The molecule has 6 nitrogen and oxygen atoms in total. The summed E-state index contributed by atoms with van der Waals surface area (Å²) in [6, 6.07) is 14.9. The van der Waals surface area contributed by atoms with Crippen molar-refractivity contribution in [2.75, 3.05) is 19.6 Å². The Labute approximate surface area is 188 Å². The maximum absolute atomic E-state index is 13.3. The molecule has 0 bridgehead atoms. The molecular formula is C25H31FN4O2. The van der Waals surface area contributed by atoms with Crippen LogP contribution >= 0.6 is 0 Å². The van der Waals surface area contributed by atoms with E-state index < -0.39 is 0 Å². The molecule has 1 fully saturated rings. The molecule has 0 unspecified atom stereocenters. The highest BCUT2D eigenvalue weighted by Crippen LogP contribution is 2.16.